The molecule has 2 aromatic carbocycles. The highest BCUT2D eigenvalue weighted by molar-refractivity contribution is 8.04. The summed E-state index contributed by atoms with van der Waals surface area (Å²) in [6.07, 6.45) is 3.43. The van der Waals surface area contributed by atoms with E-state index in [1.165, 1.54) is 23.9 Å². The second-order valence-electron chi connectivity index (χ2n) is 6.59. The fourth-order valence-electron chi connectivity index (χ4n) is 3.36. The molecule has 4 rings (SSSR count). The summed E-state index contributed by atoms with van der Waals surface area (Å²) >= 11 is 1.30. The van der Waals surface area contributed by atoms with Gasteiger partial charge in [0.25, 0.3) is 5.91 Å². The first kappa shape index (κ1) is 17.8. The predicted molar refractivity (Wildman–Crippen MR) is 104 cm³/mol. The number of rotatable bonds is 3. The van der Waals surface area contributed by atoms with Crippen molar-refractivity contribution in [3.05, 3.63) is 70.9 Å². The molecule has 0 radical (unpaired) electrons. The maximum atomic E-state index is 14.1. The average Bonchev–Trinajstić information content (AvgIpc) is 3.21. The molecule has 1 saturated heterocycles. The van der Waals surface area contributed by atoms with Gasteiger partial charge in [-0.05, 0) is 31.0 Å². The molecule has 27 heavy (non-hydrogen) atoms. The number of benzene rings is 2. The smallest absolute Gasteiger partial charge is 0.265 e. The summed E-state index contributed by atoms with van der Waals surface area (Å²) in [4.78, 5) is 30.2. The Morgan fingerprint density at radius 1 is 1.07 bits per heavy atom. The number of halogens is 1. The number of carbonyl (C=O) groups is 2. The average molecular weight is 382 g/mol. The molecule has 2 aliphatic rings. The summed E-state index contributed by atoms with van der Waals surface area (Å²) in [7, 11) is 0. The molecule has 0 N–H and O–H groups in total. The van der Waals surface area contributed by atoms with Crippen molar-refractivity contribution >= 4 is 29.3 Å². The van der Waals surface area contributed by atoms with Gasteiger partial charge in [0.2, 0.25) is 5.91 Å². The monoisotopic (exact) mass is 382 g/mol. The zero-order valence-electron chi connectivity index (χ0n) is 14.7. The van der Waals surface area contributed by atoms with Crippen molar-refractivity contribution < 1.29 is 14.0 Å². The summed E-state index contributed by atoms with van der Waals surface area (Å²) in [6, 6.07) is 13.9. The van der Waals surface area contributed by atoms with Crippen molar-refractivity contribution in [3.63, 3.8) is 0 Å². The number of hydrogen-bond acceptors (Lipinski definition) is 3. The molecule has 2 amide bonds. The van der Waals surface area contributed by atoms with Gasteiger partial charge in [0.15, 0.2) is 0 Å². The molecule has 0 spiro atoms. The van der Waals surface area contributed by atoms with Crippen LogP contribution < -0.4 is 4.90 Å². The van der Waals surface area contributed by atoms with E-state index in [0.29, 0.717) is 10.5 Å². The molecule has 0 atom stereocenters. The van der Waals surface area contributed by atoms with Crippen molar-refractivity contribution in [3.8, 4) is 0 Å². The van der Waals surface area contributed by atoms with Gasteiger partial charge in [0.1, 0.15) is 5.82 Å². The van der Waals surface area contributed by atoms with E-state index in [1.807, 2.05) is 24.3 Å². The Kier molecular flexibility index (Phi) is 4.99. The Labute approximate surface area is 161 Å². The molecule has 138 valence electrons. The summed E-state index contributed by atoms with van der Waals surface area (Å²) in [6.45, 7) is 1.59. The van der Waals surface area contributed by atoms with Crippen LogP contribution in [0.5, 0.6) is 0 Å². The van der Waals surface area contributed by atoms with E-state index >= 15 is 0 Å². The number of carbonyl (C=O) groups excluding carboxylic acids is 2. The SMILES string of the molecule is O=C(C=C1Sc2ccccc2N(Cc2ccccc2F)C1=O)N1CCCC1. The van der Waals surface area contributed by atoms with Crippen LogP contribution in [0, 0.1) is 5.82 Å². The topological polar surface area (TPSA) is 40.6 Å². The lowest BCUT2D eigenvalue weighted by Crippen LogP contribution is -2.35. The molecular weight excluding hydrogens is 363 g/mol. The van der Waals surface area contributed by atoms with Crippen molar-refractivity contribution in [2.24, 2.45) is 0 Å². The lowest BCUT2D eigenvalue weighted by molar-refractivity contribution is -0.125. The van der Waals surface area contributed by atoms with Crippen molar-refractivity contribution in [2.45, 2.75) is 24.3 Å². The molecule has 0 saturated carbocycles. The molecule has 6 heteroatoms. The number of nitrogens with zero attached hydrogens (tertiary/aromatic N) is 2. The third-order valence-electron chi connectivity index (χ3n) is 4.79. The summed E-state index contributed by atoms with van der Waals surface area (Å²) in [5, 5.41) is 0. The van der Waals surface area contributed by atoms with Gasteiger partial charge >= 0.3 is 0 Å². The van der Waals surface area contributed by atoms with Crippen LogP contribution in [0.1, 0.15) is 18.4 Å². The zero-order chi connectivity index (χ0) is 18.8. The Hall–Kier alpha value is -2.60. The quantitative estimate of drug-likeness (QED) is 0.754. The maximum absolute atomic E-state index is 14.1. The lowest BCUT2D eigenvalue weighted by atomic mass is 10.1. The molecule has 0 aromatic heterocycles. The highest BCUT2D eigenvalue weighted by Gasteiger charge is 2.31. The van der Waals surface area contributed by atoms with Gasteiger partial charge in [0, 0.05) is 29.6 Å². The fraction of sp³-hybridized carbons (Fsp3) is 0.238. The number of amides is 2. The van der Waals surface area contributed by atoms with Crippen LogP contribution in [0.2, 0.25) is 0 Å². The third-order valence-corrected chi connectivity index (χ3v) is 5.87. The van der Waals surface area contributed by atoms with Gasteiger partial charge < -0.3 is 9.80 Å². The van der Waals surface area contributed by atoms with E-state index < -0.39 is 0 Å². The van der Waals surface area contributed by atoms with Crippen molar-refractivity contribution in [2.75, 3.05) is 18.0 Å². The molecule has 0 unspecified atom stereocenters. The number of fused-ring (bicyclic) bond motifs is 1. The first-order valence-corrected chi connectivity index (χ1v) is 9.78. The molecule has 2 aromatic rings. The second kappa shape index (κ2) is 7.56. The van der Waals surface area contributed by atoms with Crippen LogP contribution in [0.25, 0.3) is 0 Å². The predicted octanol–water partition coefficient (Wildman–Crippen LogP) is 3.97. The summed E-state index contributed by atoms with van der Waals surface area (Å²) in [5.41, 5.74) is 1.18. The van der Waals surface area contributed by atoms with Gasteiger partial charge in [-0.2, -0.15) is 0 Å². The van der Waals surface area contributed by atoms with Gasteiger partial charge in [-0.3, -0.25) is 9.59 Å². The molecule has 0 aliphatic carbocycles. The van der Waals surface area contributed by atoms with Crippen LogP contribution in [0.3, 0.4) is 0 Å². The Bertz CT molecular complexity index is 922. The number of anilines is 1. The molecule has 0 bridgehead atoms. The Morgan fingerprint density at radius 3 is 2.56 bits per heavy atom. The summed E-state index contributed by atoms with van der Waals surface area (Å²) < 4.78 is 14.1. The van der Waals surface area contributed by atoms with Crippen molar-refractivity contribution in [1.29, 1.82) is 0 Å². The molecule has 1 fully saturated rings. The lowest BCUT2D eigenvalue weighted by Gasteiger charge is -2.30. The number of thioether (sulfide) groups is 1. The van der Waals surface area contributed by atoms with E-state index in [9.17, 15) is 14.0 Å². The minimum atomic E-state index is -0.348. The normalized spacial score (nSPS) is 18.1. The zero-order valence-corrected chi connectivity index (χ0v) is 15.5. The van der Waals surface area contributed by atoms with Crippen LogP contribution in [-0.2, 0) is 16.1 Å². The van der Waals surface area contributed by atoms with Crippen LogP contribution in [0.15, 0.2) is 64.4 Å². The highest BCUT2D eigenvalue weighted by atomic mass is 32.2. The third kappa shape index (κ3) is 3.62. The first-order chi connectivity index (χ1) is 13.1. The van der Waals surface area contributed by atoms with E-state index in [1.54, 1.807) is 28.0 Å². The standard InChI is InChI=1S/C21H19FN2O2S/c22-16-8-2-1-7-15(16)14-24-17-9-3-4-10-18(17)27-19(21(24)26)13-20(25)23-11-5-6-12-23/h1-4,7-10,13H,5-6,11-12,14H2. The van der Waals surface area contributed by atoms with Gasteiger partial charge in [-0.15, -0.1) is 0 Å². The number of hydrogen-bond donors (Lipinski definition) is 0. The van der Waals surface area contributed by atoms with Gasteiger partial charge in [0.05, 0.1) is 17.1 Å². The van der Waals surface area contributed by atoms with E-state index in [0.717, 1.165) is 36.5 Å². The highest BCUT2D eigenvalue weighted by Crippen LogP contribution is 2.42. The minimum absolute atomic E-state index is 0.123. The van der Waals surface area contributed by atoms with Crippen LogP contribution >= 0.6 is 11.8 Å². The van der Waals surface area contributed by atoms with Gasteiger partial charge in [-0.1, -0.05) is 42.1 Å². The van der Waals surface area contributed by atoms with Gasteiger partial charge in [-0.25, -0.2) is 4.39 Å². The van der Waals surface area contributed by atoms with E-state index in [4.69, 9.17) is 0 Å². The fourth-order valence-corrected chi connectivity index (χ4v) is 4.38. The van der Waals surface area contributed by atoms with Crippen LogP contribution in [-0.4, -0.2) is 29.8 Å². The molecule has 2 heterocycles. The maximum Gasteiger partial charge on any atom is 0.265 e. The second-order valence-corrected chi connectivity index (χ2v) is 7.68. The number of para-hydroxylation sites is 1. The van der Waals surface area contributed by atoms with E-state index in [2.05, 4.69) is 0 Å². The number of likely N-dealkylation sites (tertiary alicyclic amines) is 1. The first-order valence-electron chi connectivity index (χ1n) is 8.96. The van der Waals surface area contributed by atoms with Crippen LogP contribution in [0.4, 0.5) is 10.1 Å². The minimum Gasteiger partial charge on any atom is -0.339 e. The molecule has 4 nitrogen and oxygen atoms in total. The van der Waals surface area contributed by atoms with E-state index in [-0.39, 0.29) is 24.2 Å². The largest absolute Gasteiger partial charge is 0.339 e. The van der Waals surface area contributed by atoms with Crippen molar-refractivity contribution in [1.82, 2.24) is 4.90 Å². The Balaban J connectivity index is 1.68. The molecule has 2 aliphatic heterocycles. The Morgan fingerprint density at radius 2 is 1.78 bits per heavy atom. The summed E-state index contributed by atoms with van der Waals surface area (Å²) in [5.74, 6) is -0.747. The molecular formula is C21H19FN2O2S.